The lowest BCUT2D eigenvalue weighted by Crippen LogP contribution is -1.79. The predicted octanol–water partition coefficient (Wildman–Crippen LogP) is 2.66. The van der Waals surface area contributed by atoms with Crippen LogP contribution in [0, 0.1) is 0 Å². The van der Waals surface area contributed by atoms with Crippen molar-refractivity contribution in [1.82, 2.24) is 0 Å². The van der Waals surface area contributed by atoms with Gasteiger partial charge in [0.05, 0.1) is 10.7 Å². The molecule has 0 fully saturated rings. The van der Waals surface area contributed by atoms with Gasteiger partial charge in [-0.05, 0) is 13.0 Å². The number of nitrogens with zero attached hydrogens (tertiary/aromatic N) is 1. The third-order valence-corrected chi connectivity index (χ3v) is 2.28. The minimum absolute atomic E-state index is 0.207. The molecule has 0 spiro atoms. The highest BCUT2D eigenvalue weighted by atomic mass is 32.2. The number of aliphatic hydroxyl groups excluding tert-OH is 1. The summed E-state index contributed by atoms with van der Waals surface area (Å²) >= 11 is 1.68. The summed E-state index contributed by atoms with van der Waals surface area (Å²) in [5, 5.41) is 10.3. The smallest absolute Gasteiger partial charge is 0.117 e. The summed E-state index contributed by atoms with van der Waals surface area (Å²) in [6.45, 7) is 5.44. The van der Waals surface area contributed by atoms with E-state index in [-0.39, 0.29) is 5.76 Å². The lowest BCUT2D eigenvalue weighted by molar-refractivity contribution is 0.432. The van der Waals surface area contributed by atoms with Crippen molar-refractivity contribution < 1.29 is 5.11 Å². The van der Waals surface area contributed by atoms with Crippen molar-refractivity contribution in [3.63, 3.8) is 0 Å². The van der Waals surface area contributed by atoms with E-state index in [1.54, 1.807) is 30.0 Å². The molecule has 64 valence electrons. The van der Waals surface area contributed by atoms with Crippen LogP contribution < -0.4 is 0 Å². The average molecular weight is 181 g/mol. The van der Waals surface area contributed by atoms with Crippen molar-refractivity contribution in [3.05, 3.63) is 36.3 Å². The van der Waals surface area contributed by atoms with Crippen molar-refractivity contribution in [2.45, 2.75) is 6.92 Å². The number of hydrogen-bond acceptors (Lipinski definition) is 3. The van der Waals surface area contributed by atoms with E-state index in [1.807, 2.05) is 6.92 Å². The van der Waals surface area contributed by atoms with Crippen LogP contribution in [0.3, 0.4) is 0 Å². The van der Waals surface area contributed by atoms with Gasteiger partial charge < -0.3 is 5.11 Å². The van der Waals surface area contributed by atoms with Crippen LogP contribution in [0.4, 0.5) is 0 Å². The van der Waals surface area contributed by atoms with Crippen molar-refractivity contribution in [1.29, 1.82) is 0 Å². The number of aliphatic imine (C=N–C) groups is 1. The Hall–Kier alpha value is -0.960. The Balaban J connectivity index is 2.70. The molecule has 1 heterocycles. The fraction of sp³-hybridized carbons (Fsp3) is 0.222. The zero-order valence-electron chi connectivity index (χ0n) is 6.95. The molecule has 2 nitrogen and oxygen atoms in total. The van der Waals surface area contributed by atoms with Crippen molar-refractivity contribution in [2.75, 3.05) is 5.75 Å². The number of rotatable bonds is 2. The first-order valence-electron chi connectivity index (χ1n) is 3.62. The van der Waals surface area contributed by atoms with Gasteiger partial charge in [0.2, 0.25) is 0 Å². The Morgan fingerprint density at radius 2 is 2.50 bits per heavy atom. The van der Waals surface area contributed by atoms with Crippen LogP contribution in [0.25, 0.3) is 0 Å². The van der Waals surface area contributed by atoms with E-state index < -0.39 is 0 Å². The van der Waals surface area contributed by atoms with Crippen LogP contribution >= 0.6 is 11.8 Å². The lowest BCUT2D eigenvalue weighted by atomic mass is 10.3. The summed E-state index contributed by atoms with van der Waals surface area (Å²) in [4.78, 5) is 4.22. The number of hydrogen-bond donors (Lipinski definition) is 1. The summed E-state index contributed by atoms with van der Waals surface area (Å²) in [6.07, 6.45) is 4.75. The van der Waals surface area contributed by atoms with E-state index in [4.69, 9.17) is 0 Å². The summed E-state index contributed by atoms with van der Waals surface area (Å²) in [7, 11) is 0. The summed E-state index contributed by atoms with van der Waals surface area (Å²) in [6, 6.07) is 0. The molecule has 0 amide bonds. The second kappa shape index (κ2) is 4.16. The topological polar surface area (TPSA) is 32.6 Å². The van der Waals surface area contributed by atoms with Gasteiger partial charge in [0.15, 0.2) is 0 Å². The molecule has 0 radical (unpaired) electrons. The number of aliphatic hydroxyl groups is 1. The molecule has 0 atom stereocenters. The first kappa shape index (κ1) is 9.13. The van der Waals surface area contributed by atoms with Gasteiger partial charge in [0.1, 0.15) is 5.76 Å². The van der Waals surface area contributed by atoms with Crippen molar-refractivity contribution in [2.24, 2.45) is 4.99 Å². The Bertz CT molecular complexity index is 276. The van der Waals surface area contributed by atoms with E-state index in [0.717, 1.165) is 16.5 Å². The first-order valence-corrected chi connectivity index (χ1v) is 4.61. The highest BCUT2D eigenvalue weighted by Crippen LogP contribution is 2.21. The van der Waals surface area contributed by atoms with Gasteiger partial charge in [0.25, 0.3) is 0 Å². The molecular weight excluding hydrogens is 170 g/mol. The highest BCUT2D eigenvalue weighted by molar-refractivity contribution is 8.14. The second-order valence-electron chi connectivity index (χ2n) is 2.38. The Morgan fingerprint density at radius 1 is 1.75 bits per heavy atom. The molecule has 1 N–H and O–H groups in total. The maximum atomic E-state index is 9.23. The van der Waals surface area contributed by atoms with Gasteiger partial charge in [0, 0.05) is 11.8 Å². The van der Waals surface area contributed by atoms with Crippen molar-refractivity contribution in [3.8, 4) is 0 Å². The Kier molecular flexibility index (Phi) is 3.17. The van der Waals surface area contributed by atoms with Gasteiger partial charge in [-0.2, -0.15) is 0 Å². The third-order valence-electron chi connectivity index (χ3n) is 1.33. The quantitative estimate of drug-likeness (QED) is 0.524. The van der Waals surface area contributed by atoms with Gasteiger partial charge in [-0.1, -0.05) is 12.7 Å². The van der Waals surface area contributed by atoms with E-state index in [0.29, 0.717) is 0 Å². The minimum Gasteiger partial charge on any atom is -0.508 e. The monoisotopic (exact) mass is 181 g/mol. The van der Waals surface area contributed by atoms with Gasteiger partial charge >= 0.3 is 0 Å². The van der Waals surface area contributed by atoms with Gasteiger partial charge in [-0.25, -0.2) is 0 Å². The summed E-state index contributed by atoms with van der Waals surface area (Å²) in [5.41, 5.74) is 0.910. The average Bonchev–Trinajstić information content (AvgIpc) is 2.36. The largest absolute Gasteiger partial charge is 0.508 e. The maximum absolute atomic E-state index is 9.23. The normalized spacial score (nSPS) is 21.2. The molecule has 0 unspecified atom stereocenters. The number of allylic oxidation sites excluding steroid dienone is 3. The van der Waals surface area contributed by atoms with E-state index in [1.165, 1.54) is 0 Å². The van der Waals surface area contributed by atoms with Crippen LogP contribution in [-0.4, -0.2) is 15.9 Å². The molecule has 3 heteroatoms. The summed E-state index contributed by atoms with van der Waals surface area (Å²) in [5.74, 6) is 1.06. The SMILES string of the molecule is C=C/C=C(O)\C=C1/CSC(C)=N1. The molecular formula is C9H11NOS. The van der Waals surface area contributed by atoms with E-state index in [2.05, 4.69) is 11.6 Å². The molecule has 1 aliphatic rings. The molecule has 1 aliphatic heterocycles. The minimum atomic E-state index is 0.207. The van der Waals surface area contributed by atoms with Crippen LogP contribution in [-0.2, 0) is 0 Å². The van der Waals surface area contributed by atoms with E-state index >= 15 is 0 Å². The van der Waals surface area contributed by atoms with Crippen LogP contribution in [0.2, 0.25) is 0 Å². The fourth-order valence-electron chi connectivity index (χ4n) is 0.859. The van der Waals surface area contributed by atoms with Crippen LogP contribution in [0.15, 0.2) is 41.3 Å². The molecule has 0 saturated carbocycles. The first-order chi connectivity index (χ1) is 5.72. The summed E-state index contributed by atoms with van der Waals surface area (Å²) < 4.78 is 0. The molecule has 0 bridgehead atoms. The predicted molar refractivity (Wildman–Crippen MR) is 54.6 cm³/mol. The molecule has 0 saturated heterocycles. The molecule has 0 aromatic rings. The third kappa shape index (κ3) is 2.58. The highest BCUT2D eigenvalue weighted by Gasteiger charge is 2.06. The standard InChI is InChI=1S/C9H11NOS/c1-3-4-9(11)5-8-6-12-7(2)10-8/h3-5,11H,1,6H2,2H3/b8-5+,9-4+. The number of thioether (sulfide) groups is 1. The maximum Gasteiger partial charge on any atom is 0.117 e. The van der Waals surface area contributed by atoms with Crippen molar-refractivity contribution >= 4 is 16.8 Å². The molecule has 0 aromatic carbocycles. The van der Waals surface area contributed by atoms with Gasteiger partial charge in [-0.3, -0.25) is 4.99 Å². The zero-order valence-corrected chi connectivity index (χ0v) is 7.77. The Morgan fingerprint density at radius 3 is 3.00 bits per heavy atom. The second-order valence-corrected chi connectivity index (χ2v) is 3.55. The molecule has 0 aromatic heterocycles. The lowest BCUT2D eigenvalue weighted by Gasteiger charge is -1.90. The van der Waals surface area contributed by atoms with Crippen LogP contribution in [0.5, 0.6) is 0 Å². The van der Waals surface area contributed by atoms with E-state index in [9.17, 15) is 5.11 Å². The fourth-order valence-corrected chi connectivity index (χ4v) is 1.55. The van der Waals surface area contributed by atoms with Crippen LogP contribution in [0.1, 0.15) is 6.92 Å². The molecule has 0 aliphatic carbocycles. The molecule has 1 rings (SSSR count). The zero-order chi connectivity index (χ0) is 8.97. The molecule has 12 heavy (non-hydrogen) atoms. The Labute approximate surface area is 76.4 Å². The van der Waals surface area contributed by atoms with Gasteiger partial charge in [-0.15, -0.1) is 11.8 Å².